The molecule has 0 spiro atoms. The number of hydrogen-bond acceptors (Lipinski definition) is 2. The van der Waals surface area contributed by atoms with Crippen LogP contribution in [0.4, 0.5) is 13.2 Å². The Bertz CT molecular complexity index is 474. The van der Waals surface area contributed by atoms with Gasteiger partial charge in [0.1, 0.15) is 0 Å². The monoisotopic (exact) mass is 320 g/mol. The van der Waals surface area contributed by atoms with Gasteiger partial charge in [0.25, 0.3) is 0 Å². The van der Waals surface area contributed by atoms with Crippen molar-refractivity contribution in [2.24, 2.45) is 5.84 Å². The van der Waals surface area contributed by atoms with Gasteiger partial charge in [-0.1, -0.05) is 22.0 Å². The van der Waals surface area contributed by atoms with Gasteiger partial charge < -0.3 is 0 Å². The van der Waals surface area contributed by atoms with Crippen LogP contribution in [0.3, 0.4) is 0 Å². The summed E-state index contributed by atoms with van der Waals surface area (Å²) in [7, 11) is 0. The summed E-state index contributed by atoms with van der Waals surface area (Å²) in [5, 5.41) is 0. The Hall–Kier alpha value is -1.03. The second kappa shape index (κ2) is 6.23. The Balaban J connectivity index is 3.24. The zero-order valence-electron chi connectivity index (χ0n) is 9.61. The topological polar surface area (TPSA) is 38.0 Å². The first-order chi connectivity index (χ1) is 8.40. The molecule has 0 aliphatic carbocycles. The summed E-state index contributed by atoms with van der Waals surface area (Å²) in [5.74, 6) is 10.7. The normalized spacial score (nSPS) is 12.8. The molecule has 6 heteroatoms. The van der Waals surface area contributed by atoms with E-state index in [2.05, 4.69) is 33.2 Å². The number of nitrogens with two attached hydrogens (primary N) is 1. The molecular formula is C12H12BrF3N2. The Morgan fingerprint density at radius 1 is 1.44 bits per heavy atom. The molecule has 0 fully saturated rings. The van der Waals surface area contributed by atoms with Crippen molar-refractivity contribution >= 4 is 15.9 Å². The minimum Gasteiger partial charge on any atom is -0.271 e. The predicted octanol–water partition coefficient (Wildman–Crippen LogP) is 3.39. The van der Waals surface area contributed by atoms with Crippen LogP contribution in [0.5, 0.6) is 0 Å². The molecule has 0 aliphatic heterocycles. The van der Waals surface area contributed by atoms with Gasteiger partial charge in [0.2, 0.25) is 0 Å². The molecule has 0 bridgehead atoms. The summed E-state index contributed by atoms with van der Waals surface area (Å²) >= 11 is 3.03. The van der Waals surface area contributed by atoms with Gasteiger partial charge in [-0.3, -0.25) is 11.3 Å². The van der Waals surface area contributed by atoms with Crippen molar-refractivity contribution < 1.29 is 13.2 Å². The van der Waals surface area contributed by atoms with E-state index in [1.807, 2.05) is 0 Å². The van der Waals surface area contributed by atoms with Crippen molar-refractivity contribution in [3.63, 3.8) is 0 Å². The Morgan fingerprint density at radius 2 is 2.11 bits per heavy atom. The molecular weight excluding hydrogens is 309 g/mol. The number of benzene rings is 1. The summed E-state index contributed by atoms with van der Waals surface area (Å²) in [6.45, 7) is 1.62. The molecule has 3 N–H and O–H groups in total. The quantitative estimate of drug-likeness (QED) is 0.509. The standard InChI is InChI=1S/C12H12BrF3N2/c1-2-3-4-11(18-17)9-6-5-8(13)7-10(9)12(14,15)16/h5-7,11,18H,4,17H2,1H3. The summed E-state index contributed by atoms with van der Waals surface area (Å²) in [5.41, 5.74) is 1.75. The lowest BCUT2D eigenvalue weighted by Gasteiger charge is -2.19. The van der Waals surface area contributed by atoms with E-state index >= 15 is 0 Å². The van der Waals surface area contributed by atoms with E-state index in [1.165, 1.54) is 6.07 Å². The number of hydrazine groups is 1. The van der Waals surface area contributed by atoms with Crippen LogP contribution >= 0.6 is 15.9 Å². The van der Waals surface area contributed by atoms with Crippen LogP contribution in [-0.4, -0.2) is 0 Å². The minimum absolute atomic E-state index is 0.0935. The predicted molar refractivity (Wildman–Crippen MR) is 67.3 cm³/mol. The summed E-state index contributed by atoms with van der Waals surface area (Å²) in [6, 6.07) is 3.34. The highest BCUT2D eigenvalue weighted by Crippen LogP contribution is 2.36. The Kier molecular flexibility index (Phi) is 5.20. The van der Waals surface area contributed by atoms with Crippen LogP contribution in [0.1, 0.15) is 30.5 Å². The van der Waals surface area contributed by atoms with E-state index < -0.39 is 17.8 Å². The zero-order valence-corrected chi connectivity index (χ0v) is 11.2. The van der Waals surface area contributed by atoms with Crippen LogP contribution in [-0.2, 0) is 6.18 Å². The molecule has 0 amide bonds. The molecule has 2 nitrogen and oxygen atoms in total. The number of nitrogens with one attached hydrogen (secondary N) is 1. The van der Waals surface area contributed by atoms with E-state index in [0.29, 0.717) is 4.47 Å². The van der Waals surface area contributed by atoms with E-state index in [1.54, 1.807) is 13.0 Å². The number of hydrogen-bond donors (Lipinski definition) is 2. The molecule has 0 aromatic heterocycles. The van der Waals surface area contributed by atoms with Crippen molar-refractivity contribution in [2.45, 2.75) is 25.6 Å². The fourth-order valence-corrected chi connectivity index (χ4v) is 1.90. The van der Waals surface area contributed by atoms with Gasteiger partial charge in [0.05, 0.1) is 11.6 Å². The molecule has 0 aliphatic rings. The maximum Gasteiger partial charge on any atom is 0.416 e. The van der Waals surface area contributed by atoms with Crippen LogP contribution < -0.4 is 11.3 Å². The van der Waals surface area contributed by atoms with Crippen LogP contribution in [0.25, 0.3) is 0 Å². The number of halogens is 4. The highest BCUT2D eigenvalue weighted by molar-refractivity contribution is 9.10. The van der Waals surface area contributed by atoms with Gasteiger partial charge in [0.15, 0.2) is 0 Å². The minimum atomic E-state index is -4.42. The molecule has 1 aromatic carbocycles. The fourth-order valence-electron chi connectivity index (χ4n) is 1.54. The maximum absolute atomic E-state index is 12.9. The van der Waals surface area contributed by atoms with Crippen LogP contribution in [0.2, 0.25) is 0 Å². The molecule has 98 valence electrons. The molecule has 1 unspecified atom stereocenters. The van der Waals surface area contributed by atoms with E-state index in [-0.39, 0.29) is 12.0 Å². The summed E-state index contributed by atoms with van der Waals surface area (Å²) in [4.78, 5) is 0. The van der Waals surface area contributed by atoms with Gasteiger partial charge in [0, 0.05) is 10.9 Å². The largest absolute Gasteiger partial charge is 0.416 e. The lowest BCUT2D eigenvalue weighted by atomic mass is 9.98. The smallest absolute Gasteiger partial charge is 0.271 e. The van der Waals surface area contributed by atoms with Crippen molar-refractivity contribution in [2.75, 3.05) is 0 Å². The van der Waals surface area contributed by atoms with Gasteiger partial charge in [-0.2, -0.15) is 13.2 Å². The third-order valence-electron chi connectivity index (χ3n) is 2.38. The van der Waals surface area contributed by atoms with E-state index in [4.69, 9.17) is 5.84 Å². The molecule has 0 saturated carbocycles. The first-order valence-electron chi connectivity index (χ1n) is 5.12. The van der Waals surface area contributed by atoms with Gasteiger partial charge in [-0.05, 0) is 24.6 Å². The van der Waals surface area contributed by atoms with Gasteiger partial charge >= 0.3 is 6.18 Å². The molecule has 1 rings (SSSR count). The number of alkyl halides is 3. The summed E-state index contributed by atoms with van der Waals surface area (Å²) < 4.78 is 39.1. The molecule has 0 radical (unpaired) electrons. The Morgan fingerprint density at radius 3 is 2.61 bits per heavy atom. The van der Waals surface area contributed by atoms with E-state index in [9.17, 15) is 13.2 Å². The first kappa shape index (κ1) is 15.0. The highest BCUT2D eigenvalue weighted by Gasteiger charge is 2.35. The van der Waals surface area contributed by atoms with Crippen molar-refractivity contribution in [3.05, 3.63) is 33.8 Å². The zero-order chi connectivity index (χ0) is 13.8. The third kappa shape index (κ3) is 3.73. The van der Waals surface area contributed by atoms with Gasteiger partial charge in [-0.25, -0.2) is 0 Å². The van der Waals surface area contributed by atoms with Crippen molar-refractivity contribution in [1.82, 2.24) is 5.43 Å². The number of rotatable bonds is 3. The molecule has 0 saturated heterocycles. The fraction of sp³-hybridized carbons (Fsp3) is 0.333. The lowest BCUT2D eigenvalue weighted by Crippen LogP contribution is -2.29. The van der Waals surface area contributed by atoms with Crippen LogP contribution in [0, 0.1) is 11.8 Å². The molecule has 1 aromatic rings. The SMILES string of the molecule is CC#CCC(NN)c1ccc(Br)cc1C(F)(F)F. The average molecular weight is 321 g/mol. The van der Waals surface area contributed by atoms with Crippen molar-refractivity contribution in [1.29, 1.82) is 0 Å². The lowest BCUT2D eigenvalue weighted by molar-refractivity contribution is -0.138. The second-order valence-corrected chi connectivity index (χ2v) is 4.50. The maximum atomic E-state index is 12.9. The van der Waals surface area contributed by atoms with E-state index in [0.717, 1.165) is 6.07 Å². The third-order valence-corrected chi connectivity index (χ3v) is 2.87. The molecule has 18 heavy (non-hydrogen) atoms. The first-order valence-corrected chi connectivity index (χ1v) is 5.91. The van der Waals surface area contributed by atoms with Crippen LogP contribution in [0.15, 0.2) is 22.7 Å². The van der Waals surface area contributed by atoms with Gasteiger partial charge in [-0.15, -0.1) is 11.8 Å². The summed E-state index contributed by atoms with van der Waals surface area (Å²) in [6.07, 6.45) is -4.20. The highest BCUT2D eigenvalue weighted by atomic mass is 79.9. The molecule has 0 heterocycles. The Labute approximate surface area is 112 Å². The average Bonchev–Trinajstić information content (AvgIpc) is 2.30. The molecule has 1 atom stereocenters. The van der Waals surface area contributed by atoms with Crippen molar-refractivity contribution in [3.8, 4) is 11.8 Å². The second-order valence-electron chi connectivity index (χ2n) is 3.58.